The Morgan fingerprint density at radius 3 is 2.78 bits per heavy atom. The summed E-state index contributed by atoms with van der Waals surface area (Å²) < 4.78 is 49.6. The van der Waals surface area contributed by atoms with E-state index >= 15 is 0 Å². The van der Waals surface area contributed by atoms with Gasteiger partial charge in [-0.25, -0.2) is 4.98 Å². The molecule has 2 heterocycles. The summed E-state index contributed by atoms with van der Waals surface area (Å²) in [4.78, 5) is 15.0. The molecule has 0 saturated heterocycles. The third-order valence-electron chi connectivity index (χ3n) is 3.88. The minimum atomic E-state index is -4.51. The maximum Gasteiger partial charge on any atom is 0.433 e. The number of benzene rings is 1. The first-order valence-corrected chi connectivity index (χ1v) is 8.68. The Labute approximate surface area is 161 Å². The molecular formula is C18H14BrF3N2O3. The van der Waals surface area contributed by atoms with Crippen molar-refractivity contribution in [1.82, 2.24) is 10.3 Å². The van der Waals surface area contributed by atoms with Crippen LogP contribution >= 0.6 is 15.9 Å². The molecule has 142 valence electrons. The van der Waals surface area contributed by atoms with E-state index in [0.29, 0.717) is 29.0 Å². The van der Waals surface area contributed by atoms with Crippen LogP contribution in [0.2, 0.25) is 0 Å². The summed E-state index contributed by atoms with van der Waals surface area (Å²) in [6, 6.07) is 5.18. The number of hydrogen-bond acceptors (Lipinski definition) is 4. The van der Waals surface area contributed by atoms with E-state index in [0.717, 1.165) is 17.8 Å². The molecule has 1 amide bonds. The standard InChI is InChI=1S/C18H14BrF3N2O3/c1-2-15(25)24-12-7-8-26-17-11(12)4-5-13(16(17)19)27-10-3-6-14(23-9-10)18(20,21)22/h2-6,9,12H,1,7-8H2,(H,24,25). The SMILES string of the molecule is C=CC(=O)NC1CCOc2c1ccc(Oc1ccc(C(F)(F)F)nc1)c2Br. The monoisotopic (exact) mass is 442 g/mol. The molecule has 0 spiro atoms. The highest BCUT2D eigenvalue weighted by Gasteiger charge is 2.32. The lowest BCUT2D eigenvalue weighted by Crippen LogP contribution is -2.31. The molecule has 0 radical (unpaired) electrons. The maximum atomic E-state index is 12.6. The number of carbonyl (C=O) groups excluding carboxylic acids is 1. The molecule has 27 heavy (non-hydrogen) atoms. The predicted molar refractivity (Wildman–Crippen MR) is 94.6 cm³/mol. The first-order valence-electron chi connectivity index (χ1n) is 7.89. The lowest BCUT2D eigenvalue weighted by Gasteiger charge is -2.27. The molecular weight excluding hydrogens is 429 g/mol. The summed E-state index contributed by atoms with van der Waals surface area (Å²) >= 11 is 3.40. The highest BCUT2D eigenvalue weighted by Crippen LogP contribution is 2.44. The van der Waals surface area contributed by atoms with E-state index in [1.165, 1.54) is 12.1 Å². The van der Waals surface area contributed by atoms with Crippen LogP contribution < -0.4 is 14.8 Å². The van der Waals surface area contributed by atoms with Crippen molar-refractivity contribution in [3.05, 3.63) is 58.8 Å². The predicted octanol–water partition coefficient (Wildman–Crippen LogP) is 4.78. The van der Waals surface area contributed by atoms with Gasteiger partial charge in [0.05, 0.1) is 18.8 Å². The number of hydrogen-bond donors (Lipinski definition) is 1. The van der Waals surface area contributed by atoms with Gasteiger partial charge < -0.3 is 14.8 Å². The molecule has 0 saturated carbocycles. The van der Waals surface area contributed by atoms with E-state index in [4.69, 9.17) is 9.47 Å². The second kappa shape index (κ2) is 7.59. The molecule has 2 aromatic rings. The number of pyridine rings is 1. The number of aromatic nitrogens is 1. The molecule has 1 aromatic carbocycles. The molecule has 1 aromatic heterocycles. The van der Waals surface area contributed by atoms with Crippen LogP contribution in [0.25, 0.3) is 0 Å². The van der Waals surface area contributed by atoms with Gasteiger partial charge in [-0.3, -0.25) is 4.79 Å². The van der Waals surface area contributed by atoms with Crippen LogP contribution in [0, 0.1) is 0 Å². The van der Waals surface area contributed by atoms with Crippen molar-refractivity contribution >= 4 is 21.8 Å². The van der Waals surface area contributed by atoms with Crippen LogP contribution in [0.5, 0.6) is 17.2 Å². The minimum absolute atomic E-state index is 0.149. The van der Waals surface area contributed by atoms with E-state index in [9.17, 15) is 18.0 Å². The topological polar surface area (TPSA) is 60.5 Å². The number of halogens is 4. The smallest absolute Gasteiger partial charge is 0.433 e. The number of amides is 1. The fourth-order valence-corrected chi connectivity index (χ4v) is 3.16. The van der Waals surface area contributed by atoms with E-state index in [1.54, 1.807) is 12.1 Å². The highest BCUT2D eigenvalue weighted by atomic mass is 79.9. The van der Waals surface area contributed by atoms with Gasteiger partial charge in [0.1, 0.15) is 27.4 Å². The van der Waals surface area contributed by atoms with Crippen molar-refractivity contribution in [2.24, 2.45) is 0 Å². The molecule has 0 fully saturated rings. The number of fused-ring (bicyclic) bond motifs is 1. The second-order valence-corrected chi connectivity index (χ2v) is 6.47. The Bertz CT molecular complexity index is 869. The Kier molecular flexibility index (Phi) is 5.41. The van der Waals surface area contributed by atoms with Crippen LogP contribution in [0.4, 0.5) is 13.2 Å². The average Bonchev–Trinajstić information content (AvgIpc) is 2.64. The molecule has 0 aliphatic carbocycles. The summed E-state index contributed by atoms with van der Waals surface area (Å²) in [5, 5.41) is 2.83. The summed E-state index contributed by atoms with van der Waals surface area (Å²) in [5.74, 6) is 0.718. The minimum Gasteiger partial charge on any atom is -0.492 e. The van der Waals surface area contributed by atoms with Gasteiger partial charge in [-0.15, -0.1) is 0 Å². The molecule has 9 heteroatoms. The fraction of sp³-hybridized carbons (Fsp3) is 0.222. The summed E-state index contributed by atoms with van der Waals surface area (Å²) in [7, 11) is 0. The second-order valence-electron chi connectivity index (χ2n) is 5.68. The van der Waals surface area contributed by atoms with Crippen LogP contribution in [0.15, 0.2) is 47.6 Å². The van der Waals surface area contributed by atoms with Gasteiger partial charge in [-0.2, -0.15) is 13.2 Å². The number of rotatable bonds is 4. The van der Waals surface area contributed by atoms with Crippen LogP contribution in [-0.2, 0) is 11.0 Å². The van der Waals surface area contributed by atoms with E-state index < -0.39 is 11.9 Å². The Hall–Kier alpha value is -2.55. The molecule has 1 N–H and O–H groups in total. The first kappa shape index (κ1) is 19.2. The fourth-order valence-electron chi connectivity index (χ4n) is 2.60. The normalized spacial score (nSPS) is 16.1. The van der Waals surface area contributed by atoms with Gasteiger partial charge in [0.2, 0.25) is 5.91 Å². The van der Waals surface area contributed by atoms with Crippen LogP contribution in [0.3, 0.4) is 0 Å². The number of carbonyl (C=O) groups is 1. The molecule has 1 atom stereocenters. The Morgan fingerprint density at radius 1 is 1.37 bits per heavy atom. The number of alkyl halides is 3. The third-order valence-corrected chi connectivity index (χ3v) is 4.63. The summed E-state index contributed by atoms with van der Waals surface area (Å²) in [5.41, 5.74) is -0.232. The van der Waals surface area contributed by atoms with Crippen molar-refractivity contribution in [3.63, 3.8) is 0 Å². The number of nitrogens with one attached hydrogen (secondary N) is 1. The van der Waals surface area contributed by atoms with Crippen molar-refractivity contribution in [2.45, 2.75) is 18.6 Å². The van der Waals surface area contributed by atoms with E-state index in [1.807, 2.05) is 0 Å². The average molecular weight is 443 g/mol. The molecule has 3 rings (SSSR count). The van der Waals surface area contributed by atoms with Crippen molar-refractivity contribution < 1.29 is 27.4 Å². The Morgan fingerprint density at radius 2 is 2.15 bits per heavy atom. The van der Waals surface area contributed by atoms with Gasteiger partial charge in [0, 0.05) is 12.0 Å². The molecule has 1 aliphatic rings. The van der Waals surface area contributed by atoms with E-state index in [-0.39, 0.29) is 17.7 Å². The zero-order valence-corrected chi connectivity index (χ0v) is 15.4. The quantitative estimate of drug-likeness (QED) is 0.692. The first-order chi connectivity index (χ1) is 12.8. The molecule has 0 bridgehead atoms. The summed E-state index contributed by atoms with van der Waals surface area (Å²) in [6.07, 6.45) is -1.71. The van der Waals surface area contributed by atoms with Gasteiger partial charge in [-0.1, -0.05) is 6.58 Å². The number of ether oxygens (including phenoxy) is 2. The van der Waals surface area contributed by atoms with Gasteiger partial charge >= 0.3 is 6.18 Å². The maximum absolute atomic E-state index is 12.6. The lowest BCUT2D eigenvalue weighted by atomic mass is 10.00. The van der Waals surface area contributed by atoms with Gasteiger partial charge in [-0.05, 0) is 46.3 Å². The summed E-state index contributed by atoms with van der Waals surface area (Å²) in [6.45, 7) is 3.82. The van der Waals surface area contributed by atoms with Crippen LogP contribution in [-0.4, -0.2) is 17.5 Å². The molecule has 1 unspecified atom stereocenters. The zero-order valence-electron chi connectivity index (χ0n) is 13.8. The number of nitrogens with zero attached hydrogens (tertiary/aromatic N) is 1. The van der Waals surface area contributed by atoms with Crippen molar-refractivity contribution in [2.75, 3.05) is 6.61 Å². The van der Waals surface area contributed by atoms with Gasteiger partial charge in [0.15, 0.2) is 0 Å². The van der Waals surface area contributed by atoms with Crippen molar-refractivity contribution in [3.8, 4) is 17.2 Å². The highest BCUT2D eigenvalue weighted by molar-refractivity contribution is 9.10. The van der Waals surface area contributed by atoms with Crippen molar-refractivity contribution in [1.29, 1.82) is 0 Å². The third kappa shape index (κ3) is 4.24. The zero-order chi connectivity index (χ0) is 19.6. The lowest BCUT2D eigenvalue weighted by molar-refractivity contribution is -0.141. The molecule has 1 aliphatic heterocycles. The van der Waals surface area contributed by atoms with Gasteiger partial charge in [0.25, 0.3) is 0 Å². The van der Waals surface area contributed by atoms with Crippen LogP contribution in [0.1, 0.15) is 23.7 Å². The largest absolute Gasteiger partial charge is 0.492 e. The molecule has 5 nitrogen and oxygen atoms in total. The van der Waals surface area contributed by atoms with E-state index in [2.05, 4.69) is 32.8 Å². The Balaban J connectivity index is 1.84.